The molecule has 1 amide bonds. The molecule has 1 rings (SSSR count). The van der Waals surface area contributed by atoms with E-state index in [0.29, 0.717) is 6.54 Å². The highest BCUT2D eigenvalue weighted by Crippen LogP contribution is 2.05. The third kappa shape index (κ3) is 3.88. The zero-order chi connectivity index (χ0) is 12.0. The fraction of sp³-hybridized carbons (Fsp3) is 0.417. The van der Waals surface area contributed by atoms with E-state index in [1.807, 2.05) is 6.92 Å². The van der Waals surface area contributed by atoms with Crippen molar-refractivity contribution in [3.8, 4) is 0 Å². The average molecular weight is 225 g/mol. The van der Waals surface area contributed by atoms with Gasteiger partial charge in [-0.05, 0) is 24.1 Å². The zero-order valence-corrected chi connectivity index (χ0v) is 9.57. The molecule has 0 N–H and O–H groups in total. The van der Waals surface area contributed by atoms with Crippen molar-refractivity contribution >= 4 is 6.09 Å². The van der Waals surface area contributed by atoms with E-state index < -0.39 is 0 Å². The summed E-state index contributed by atoms with van der Waals surface area (Å²) in [6, 6.07) is 5.89. The lowest BCUT2D eigenvalue weighted by Crippen LogP contribution is -2.27. The Bertz CT molecular complexity index is 337. The second kappa shape index (κ2) is 6.10. The molecule has 0 atom stereocenters. The van der Waals surface area contributed by atoms with Gasteiger partial charge in [-0.25, -0.2) is 9.18 Å². The van der Waals surface area contributed by atoms with E-state index in [9.17, 15) is 9.18 Å². The minimum absolute atomic E-state index is 0.174. The van der Waals surface area contributed by atoms with Crippen molar-refractivity contribution in [2.75, 3.05) is 13.6 Å². The van der Waals surface area contributed by atoms with Gasteiger partial charge in [0.25, 0.3) is 0 Å². The largest absolute Gasteiger partial charge is 0.445 e. The molecule has 0 aliphatic rings. The summed E-state index contributed by atoms with van der Waals surface area (Å²) in [5, 5.41) is 0. The molecule has 0 fully saturated rings. The lowest BCUT2D eigenvalue weighted by molar-refractivity contribution is 0.105. The molecular formula is C12H16FNO2. The molecule has 88 valence electrons. The molecular weight excluding hydrogens is 209 g/mol. The van der Waals surface area contributed by atoms with Crippen LogP contribution in [0.25, 0.3) is 0 Å². The Balaban J connectivity index is 2.39. The molecule has 0 heterocycles. The number of ether oxygens (including phenoxy) is 1. The third-order valence-corrected chi connectivity index (χ3v) is 2.15. The first-order valence-electron chi connectivity index (χ1n) is 5.25. The maximum atomic E-state index is 12.6. The first-order valence-corrected chi connectivity index (χ1v) is 5.25. The van der Waals surface area contributed by atoms with Crippen molar-refractivity contribution in [2.24, 2.45) is 0 Å². The van der Waals surface area contributed by atoms with Crippen molar-refractivity contribution in [1.29, 1.82) is 0 Å². The quantitative estimate of drug-likeness (QED) is 0.788. The summed E-state index contributed by atoms with van der Waals surface area (Å²) < 4.78 is 17.6. The summed E-state index contributed by atoms with van der Waals surface area (Å²) in [6.07, 6.45) is 0.536. The molecule has 0 spiro atoms. The minimum atomic E-state index is -0.355. The monoisotopic (exact) mass is 225 g/mol. The molecule has 0 saturated heterocycles. The van der Waals surface area contributed by atoms with E-state index in [-0.39, 0.29) is 18.5 Å². The standard InChI is InChI=1S/C12H16FNO2/c1-3-8-14(2)12(15)16-9-10-4-6-11(13)7-5-10/h4-7H,3,8-9H2,1-2H3. The predicted octanol–water partition coefficient (Wildman–Crippen LogP) is 2.80. The van der Waals surface area contributed by atoms with Crippen LogP contribution in [0.1, 0.15) is 18.9 Å². The summed E-state index contributed by atoms with van der Waals surface area (Å²) in [6.45, 7) is 2.83. The maximum absolute atomic E-state index is 12.6. The molecule has 0 aromatic heterocycles. The second-order valence-corrected chi connectivity index (χ2v) is 3.60. The molecule has 0 aliphatic heterocycles. The lowest BCUT2D eigenvalue weighted by Gasteiger charge is -2.15. The van der Waals surface area contributed by atoms with E-state index in [4.69, 9.17) is 4.74 Å². The maximum Gasteiger partial charge on any atom is 0.409 e. The van der Waals surface area contributed by atoms with E-state index in [1.54, 1.807) is 19.2 Å². The van der Waals surface area contributed by atoms with Crippen LogP contribution in [0.2, 0.25) is 0 Å². The summed E-state index contributed by atoms with van der Waals surface area (Å²) in [5.74, 6) is -0.293. The number of benzene rings is 1. The number of amides is 1. The van der Waals surface area contributed by atoms with Crippen LogP contribution in [0.3, 0.4) is 0 Å². The molecule has 1 aromatic carbocycles. The molecule has 3 nitrogen and oxygen atoms in total. The Morgan fingerprint density at radius 1 is 1.38 bits per heavy atom. The number of halogens is 1. The van der Waals surface area contributed by atoms with Crippen LogP contribution in [0.15, 0.2) is 24.3 Å². The van der Waals surface area contributed by atoms with E-state index in [2.05, 4.69) is 0 Å². The smallest absolute Gasteiger partial charge is 0.409 e. The lowest BCUT2D eigenvalue weighted by atomic mass is 10.2. The van der Waals surface area contributed by atoms with Crippen molar-refractivity contribution in [3.05, 3.63) is 35.6 Å². The van der Waals surface area contributed by atoms with Crippen molar-refractivity contribution in [3.63, 3.8) is 0 Å². The fourth-order valence-corrected chi connectivity index (χ4v) is 1.26. The van der Waals surface area contributed by atoms with E-state index in [0.717, 1.165) is 12.0 Å². The van der Waals surface area contributed by atoms with Crippen molar-refractivity contribution < 1.29 is 13.9 Å². The summed E-state index contributed by atoms with van der Waals surface area (Å²) >= 11 is 0. The van der Waals surface area contributed by atoms with Gasteiger partial charge in [0, 0.05) is 13.6 Å². The SMILES string of the molecule is CCCN(C)C(=O)OCc1ccc(F)cc1. The highest BCUT2D eigenvalue weighted by Gasteiger charge is 2.08. The van der Waals surface area contributed by atoms with E-state index >= 15 is 0 Å². The van der Waals surface area contributed by atoms with Gasteiger partial charge in [-0.1, -0.05) is 19.1 Å². The van der Waals surface area contributed by atoms with Crippen molar-refractivity contribution in [2.45, 2.75) is 20.0 Å². The summed E-state index contributed by atoms with van der Waals surface area (Å²) in [5.41, 5.74) is 0.777. The molecule has 0 aliphatic carbocycles. The topological polar surface area (TPSA) is 29.5 Å². The number of rotatable bonds is 4. The molecule has 0 unspecified atom stereocenters. The van der Waals surface area contributed by atoms with Gasteiger partial charge in [0.1, 0.15) is 12.4 Å². The first-order chi connectivity index (χ1) is 7.63. The van der Waals surface area contributed by atoms with Crippen LogP contribution in [-0.2, 0) is 11.3 Å². The zero-order valence-electron chi connectivity index (χ0n) is 9.57. The van der Waals surface area contributed by atoms with E-state index in [1.165, 1.54) is 17.0 Å². The molecule has 1 aromatic rings. The van der Waals surface area contributed by atoms with Crippen LogP contribution in [0, 0.1) is 5.82 Å². The minimum Gasteiger partial charge on any atom is -0.445 e. The number of hydrogen-bond donors (Lipinski definition) is 0. The fourth-order valence-electron chi connectivity index (χ4n) is 1.26. The number of carbonyl (C=O) groups is 1. The number of carbonyl (C=O) groups excluding carboxylic acids is 1. The van der Waals surface area contributed by atoms with Crippen molar-refractivity contribution in [1.82, 2.24) is 4.90 Å². The average Bonchev–Trinajstić information content (AvgIpc) is 2.28. The summed E-state index contributed by atoms with van der Waals surface area (Å²) in [4.78, 5) is 12.9. The van der Waals surface area contributed by atoms with Crippen LogP contribution in [0.5, 0.6) is 0 Å². The normalized spacial score (nSPS) is 9.94. The molecule has 16 heavy (non-hydrogen) atoms. The highest BCUT2D eigenvalue weighted by atomic mass is 19.1. The Morgan fingerprint density at radius 3 is 2.56 bits per heavy atom. The van der Waals surface area contributed by atoms with Gasteiger partial charge in [-0.3, -0.25) is 0 Å². The first kappa shape index (κ1) is 12.5. The molecule has 0 saturated carbocycles. The van der Waals surface area contributed by atoms with Gasteiger partial charge in [0.15, 0.2) is 0 Å². The van der Waals surface area contributed by atoms with Crippen LogP contribution in [0.4, 0.5) is 9.18 Å². The predicted molar refractivity (Wildman–Crippen MR) is 59.5 cm³/mol. The molecule has 0 bridgehead atoms. The number of hydrogen-bond acceptors (Lipinski definition) is 2. The van der Waals surface area contributed by atoms with Gasteiger partial charge in [0.2, 0.25) is 0 Å². The third-order valence-electron chi connectivity index (χ3n) is 2.15. The Morgan fingerprint density at radius 2 is 2.00 bits per heavy atom. The van der Waals surface area contributed by atoms with Crippen LogP contribution in [-0.4, -0.2) is 24.6 Å². The van der Waals surface area contributed by atoms with Crippen LogP contribution >= 0.6 is 0 Å². The number of nitrogens with zero attached hydrogens (tertiary/aromatic N) is 1. The molecule has 4 heteroatoms. The highest BCUT2D eigenvalue weighted by molar-refractivity contribution is 5.67. The van der Waals surface area contributed by atoms with Gasteiger partial charge in [-0.15, -0.1) is 0 Å². The van der Waals surface area contributed by atoms with Gasteiger partial charge < -0.3 is 9.64 Å². The summed E-state index contributed by atoms with van der Waals surface area (Å²) in [7, 11) is 1.69. The van der Waals surface area contributed by atoms with Gasteiger partial charge >= 0.3 is 6.09 Å². The molecule has 0 radical (unpaired) electrons. The Labute approximate surface area is 94.8 Å². The second-order valence-electron chi connectivity index (χ2n) is 3.60. The Hall–Kier alpha value is -1.58. The van der Waals surface area contributed by atoms with Gasteiger partial charge in [-0.2, -0.15) is 0 Å². The van der Waals surface area contributed by atoms with Gasteiger partial charge in [0.05, 0.1) is 0 Å². The van der Waals surface area contributed by atoms with Crippen LogP contribution < -0.4 is 0 Å². The Kier molecular flexibility index (Phi) is 4.76.